The highest BCUT2D eigenvalue weighted by molar-refractivity contribution is 5.94. The fraction of sp³-hybridized carbons (Fsp3) is 0.588. The van der Waals surface area contributed by atoms with Crippen molar-refractivity contribution < 1.29 is 4.79 Å². The van der Waals surface area contributed by atoms with Crippen LogP contribution in [0.2, 0.25) is 0 Å². The predicted octanol–water partition coefficient (Wildman–Crippen LogP) is 4.42. The first-order valence-corrected chi connectivity index (χ1v) is 7.86. The second-order valence-electron chi connectivity index (χ2n) is 5.89. The molecule has 1 aliphatic rings. The topological polar surface area (TPSA) is 41.1 Å². The van der Waals surface area contributed by atoms with Gasteiger partial charge in [0.2, 0.25) is 5.91 Å². The molecule has 1 aromatic carbocycles. The summed E-state index contributed by atoms with van der Waals surface area (Å²) in [6.45, 7) is 4.44. The fourth-order valence-electron chi connectivity index (χ4n) is 2.33. The molecule has 1 fully saturated rings. The van der Waals surface area contributed by atoms with Crippen molar-refractivity contribution in [1.29, 1.82) is 0 Å². The van der Waals surface area contributed by atoms with Crippen molar-refractivity contribution in [1.82, 2.24) is 0 Å². The van der Waals surface area contributed by atoms with Crippen molar-refractivity contribution >= 4 is 17.3 Å². The maximum Gasteiger partial charge on any atom is 0.227 e. The van der Waals surface area contributed by atoms with E-state index in [9.17, 15) is 4.79 Å². The van der Waals surface area contributed by atoms with Crippen molar-refractivity contribution in [2.24, 2.45) is 5.92 Å². The second-order valence-corrected chi connectivity index (χ2v) is 5.89. The minimum Gasteiger partial charge on any atom is -0.383 e. The number of benzene rings is 1. The molecule has 2 N–H and O–H groups in total. The van der Waals surface area contributed by atoms with Gasteiger partial charge in [0.25, 0.3) is 0 Å². The molecule has 3 nitrogen and oxygen atoms in total. The summed E-state index contributed by atoms with van der Waals surface area (Å²) in [6, 6.07) is 8.49. The minimum absolute atomic E-state index is 0.165. The molecule has 0 bridgehead atoms. The van der Waals surface area contributed by atoms with Gasteiger partial charge in [0.05, 0.1) is 0 Å². The molecule has 0 radical (unpaired) electrons. The van der Waals surface area contributed by atoms with Crippen molar-refractivity contribution in [3.63, 3.8) is 0 Å². The Balaban J connectivity index is 1.83. The van der Waals surface area contributed by atoms with Crippen LogP contribution in [0, 0.1) is 5.92 Å². The molecule has 0 saturated heterocycles. The van der Waals surface area contributed by atoms with Gasteiger partial charge < -0.3 is 10.6 Å². The number of hydrogen-bond donors (Lipinski definition) is 2. The first kappa shape index (κ1) is 14.9. The van der Waals surface area contributed by atoms with E-state index in [2.05, 4.69) is 30.5 Å². The molecule has 1 atom stereocenters. The zero-order valence-electron chi connectivity index (χ0n) is 12.6. The van der Waals surface area contributed by atoms with E-state index in [0.717, 1.165) is 24.2 Å². The monoisotopic (exact) mass is 274 g/mol. The molecular formula is C17H26N2O. The summed E-state index contributed by atoms with van der Waals surface area (Å²) in [5.41, 5.74) is 1.98. The smallest absolute Gasteiger partial charge is 0.227 e. The third-order valence-corrected chi connectivity index (χ3v) is 3.73. The Labute approximate surface area is 122 Å². The first-order chi connectivity index (χ1) is 9.69. The van der Waals surface area contributed by atoms with Crippen LogP contribution in [0.4, 0.5) is 11.4 Å². The standard InChI is InChI=1S/C17H26N2O/c1-3-4-5-7-13(2)18-15-8-6-9-16(12-15)19-17(20)14-10-11-14/h6,8-9,12-14,18H,3-5,7,10-11H2,1-2H3,(H,19,20). The van der Waals surface area contributed by atoms with Gasteiger partial charge in [0, 0.05) is 23.3 Å². The van der Waals surface area contributed by atoms with Crippen LogP contribution in [0.5, 0.6) is 0 Å². The molecule has 0 aliphatic heterocycles. The molecule has 0 spiro atoms. The lowest BCUT2D eigenvalue weighted by molar-refractivity contribution is -0.117. The summed E-state index contributed by atoms with van der Waals surface area (Å²) in [5.74, 6) is 0.415. The highest BCUT2D eigenvalue weighted by Gasteiger charge is 2.29. The first-order valence-electron chi connectivity index (χ1n) is 7.86. The maximum absolute atomic E-state index is 11.8. The number of carbonyl (C=O) groups is 1. The van der Waals surface area contributed by atoms with Crippen molar-refractivity contribution in [2.75, 3.05) is 10.6 Å². The fourth-order valence-corrected chi connectivity index (χ4v) is 2.33. The van der Waals surface area contributed by atoms with E-state index in [1.54, 1.807) is 0 Å². The lowest BCUT2D eigenvalue weighted by atomic mass is 10.1. The van der Waals surface area contributed by atoms with Gasteiger partial charge in [-0.1, -0.05) is 32.3 Å². The molecule has 0 aromatic heterocycles. The van der Waals surface area contributed by atoms with Crippen LogP contribution in [-0.2, 0) is 4.79 Å². The zero-order chi connectivity index (χ0) is 14.4. The molecule has 1 aromatic rings. The minimum atomic E-state index is 0.165. The highest BCUT2D eigenvalue weighted by Crippen LogP contribution is 2.30. The number of carbonyl (C=O) groups excluding carboxylic acids is 1. The van der Waals surface area contributed by atoms with E-state index in [1.807, 2.05) is 18.2 Å². The zero-order valence-corrected chi connectivity index (χ0v) is 12.6. The van der Waals surface area contributed by atoms with Crippen LogP contribution in [-0.4, -0.2) is 11.9 Å². The molecule has 1 aliphatic carbocycles. The summed E-state index contributed by atoms with van der Waals surface area (Å²) in [4.78, 5) is 11.8. The Hall–Kier alpha value is -1.51. The molecule has 1 saturated carbocycles. The van der Waals surface area contributed by atoms with Crippen LogP contribution in [0.25, 0.3) is 0 Å². The third kappa shape index (κ3) is 4.87. The quantitative estimate of drug-likeness (QED) is 0.689. The summed E-state index contributed by atoms with van der Waals surface area (Å²) in [7, 11) is 0. The van der Waals surface area contributed by atoms with Crippen LogP contribution in [0.15, 0.2) is 24.3 Å². The molecule has 3 heteroatoms. The Bertz CT molecular complexity index is 440. The van der Waals surface area contributed by atoms with E-state index in [-0.39, 0.29) is 11.8 Å². The summed E-state index contributed by atoms with van der Waals surface area (Å²) in [5, 5.41) is 6.50. The van der Waals surface area contributed by atoms with Crippen molar-refractivity contribution in [3.05, 3.63) is 24.3 Å². The summed E-state index contributed by atoms with van der Waals surface area (Å²) >= 11 is 0. The molecule has 1 unspecified atom stereocenters. The van der Waals surface area contributed by atoms with Crippen LogP contribution in [0.1, 0.15) is 52.4 Å². The summed E-state index contributed by atoms with van der Waals surface area (Å²) < 4.78 is 0. The van der Waals surface area contributed by atoms with E-state index >= 15 is 0 Å². The third-order valence-electron chi connectivity index (χ3n) is 3.73. The van der Waals surface area contributed by atoms with Gasteiger partial charge in [0.15, 0.2) is 0 Å². The molecule has 2 rings (SSSR count). The number of unbranched alkanes of at least 4 members (excludes halogenated alkanes) is 2. The SMILES string of the molecule is CCCCCC(C)Nc1cccc(NC(=O)C2CC2)c1. The van der Waals surface area contributed by atoms with Gasteiger partial charge in [-0.15, -0.1) is 0 Å². The lowest BCUT2D eigenvalue weighted by Crippen LogP contribution is -2.16. The van der Waals surface area contributed by atoms with E-state index in [1.165, 1.54) is 25.7 Å². The Kier molecular flexibility index (Phi) is 5.45. The van der Waals surface area contributed by atoms with Crippen molar-refractivity contribution in [2.45, 2.75) is 58.4 Å². The van der Waals surface area contributed by atoms with Crippen LogP contribution >= 0.6 is 0 Å². The Morgan fingerprint density at radius 3 is 2.75 bits per heavy atom. The number of nitrogens with one attached hydrogen (secondary N) is 2. The normalized spacial score (nSPS) is 15.7. The number of anilines is 2. The number of hydrogen-bond acceptors (Lipinski definition) is 2. The van der Waals surface area contributed by atoms with Gasteiger partial charge >= 0.3 is 0 Å². The Morgan fingerprint density at radius 2 is 2.05 bits per heavy atom. The number of rotatable bonds is 8. The average Bonchev–Trinajstić information content (AvgIpc) is 3.23. The molecule has 0 heterocycles. The van der Waals surface area contributed by atoms with Crippen molar-refractivity contribution in [3.8, 4) is 0 Å². The predicted molar refractivity (Wildman–Crippen MR) is 85.0 cm³/mol. The largest absolute Gasteiger partial charge is 0.383 e. The molecular weight excluding hydrogens is 248 g/mol. The second kappa shape index (κ2) is 7.32. The Morgan fingerprint density at radius 1 is 1.30 bits per heavy atom. The maximum atomic E-state index is 11.8. The van der Waals surface area contributed by atoms with Crippen LogP contribution in [0.3, 0.4) is 0 Å². The number of amides is 1. The van der Waals surface area contributed by atoms with E-state index in [4.69, 9.17) is 0 Å². The summed E-state index contributed by atoms with van der Waals surface area (Å²) in [6.07, 6.45) is 7.09. The average molecular weight is 274 g/mol. The van der Waals surface area contributed by atoms with Crippen LogP contribution < -0.4 is 10.6 Å². The van der Waals surface area contributed by atoms with Gasteiger partial charge in [-0.2, -0.15) is 0 Å². The van der Waals surface area contributed by atoms with Gasteiger partial charge in [-0.25, -0.2) is 0 Å². The van der Waals surface area contributed by atoms with Gasteiger partial charge in [0.1, 0.15) is 0 Å². The van der Waals surface area contributed by atoms with Gasteiger partial charge in [-0.3, -0.25) is 4.79 Å². The van der Waals surface area contributed by atoms with E-state index < -0.39 is 0 Å². The lowest BCUT2D eigenvalue weighted by Gasteiger charge is -2.16. The van der Waals surface area contributed by atoms with Gasteiger partial charge in [-0.05, 0) is 44.4 Å². The molecule has 110 valence electrons. The van der Waals surface area contributed by atoms with E-state index in [0.29, 0.717) is 6.04 Å². The molecule has 1 amide bonds. The highest BCUT2D eigenvalue weighted by atomic mass is 16.2. The molecule has 20 heavy (non-hydrogen) atoms.